The van der Waals surface area contributed by atoms with Crippen molar-refractivity contribution in [3.05, 3.63) is 12.5 Å². The lowest BCUT2D eigenvalue weighted by Gasteiger charge is -2.41. The molecule has 0 saturated carbocycles. The first-order valence-corrected chi connectivity index (χ1v) is 13.0. The number of carbonyl (C=O) groups excluding carboxylic acids is 1. The molecule has 3 fully saturated rings. The number of piperidine rings is 3. The summed E-state index contributed by atoms with van der Waals surface area (Å²) in [5.74, 6) is -0.112. The number of hydrogen-bond donors (Lipinski definition) is 0. The zero-order valence-electron chi connectivity index (χ0n) is 18.1. The molecule has 0 bridgehead atoms. The van der Waals surface area contributed by atoms with Crippen LogP contribution >= 0.6 is 0 Å². The zero-order valence-corrected chi connectivity index (χ0v) is 18.9. The summed E-state index contributed by atoms with van der Waals surface area (Å²) in [7, 11) is -3.65. The van der Waals surface area contributed by atoms with Gasteiger partial charge in [-0.15, -0.1) is 0 Å². The molecule has 1 amide bonds. The maximum Gasteiger partial charge on any atom is 0.262 e. The first-order valence-electron chi connectivity index (χ1n) is 11.5. The number of nitrogens with zero attached hydrogens (tertiary/aromatic N) is 5. The van der Waals surface area contributed by atoms with Crippen LogP contribution < -0.4 is 0 Å². The second-order valence-electron chi connectivity index (χ2n) is 8.90. The van der Waals surface area contributed by atoms with Crippen LogP contribution in [0.3, 0.4) is 0 Å². The van der Waals surface area contributed by atoms with E-state index in [4.69, 9.17) is 0 Å². The van der Waals surface area contributed by atoms with Crippen LogP contribution in [0.5, 0.6) is 0 Å². The lowest BCUT2D eigenvalue weighted by molar-refractivity contribution is -0.138. The van der Waals surface area contributed by atoms with E-state index in [9.17, 15) is 13.2 Å². The molecule has 0 unspecified atom stereocenters. The molecule has 4 rings (SSSR count). The smallest absolute Gasteiger partial charge is 0.262 e. The Bertz CT molecular complexity index is 825. The van der Waals surface area contributed by atoms with Crippen LogP contribution in [-0.4, -0.2) is 83.3 Å². The minimum atomic E-state index is -3.65. The van der Waals surface area contributed by atoms with Crippen LogP contribution in [0.1, 0.15) is 51.9 Å². The number of sulfonamides is 1. The third kappa shape index (κ3) is 4.57. The van der Waals surface area contributed by atoms with Crippen LogP contribution in [0, 0.1) is 5.92 Å². The van der Waals surface area contributed by atoms with E-state index in [0.717, 1.165) is 32.4 Å². The summed E-state index contributed by atoms with van der Waals surface area (Å²) in [6.45, 7) is 7.34. The topological polar surface area (TPSA) is 78.8 Å². The van der Waals surface area contributed by atoms with Gasteiger partial charge in [0.15, 0.2) is 5.03 Å². The number of aromatic nitrogens is 2. The predicted molar refractivity (Wildman–Crippen MR) is 114 cm³/mol. The molecule has 4 heterocycles. The van der Waals surface area contributed by atoms with Crippen molar-refractivity contribution in [1.29, 1.82) is 0 Å². The molecule has 3 saturated heterocycles. The van der Waals surface area contributed by atoms with E-state index in [2.05, 4.69) is 9.88 Å². The average molecular weight is 438 g/mol. The highest BCUT2D eigenvalue weighted by molar-refractivity contribution is 7.89. The van der Waals surface area contributed by atoms with Gasteiger partial charge in [0.25, 0.3) is 10.0 Å². The van der Waals surface area contributed by atoms with Crippen molar-refractivity contribution in [3.63, 3.8) is 0 Å². The highest BCUT2D eigenvalue weighted by Gasteiger charge is 2.37. The van der Waals surface area contributed by atoms with Gasteiger partial charge in [0, 0.05) is 45.0 Å². The molecule has 1 aromatic heterocycles. The second kappa shape index (κ2) is 9.36. The molecule has 0 spiro atoms. The molecule has 8 nitrogen and oxygen atoms in total. The van der Waals surface area contributed by atoms with Gasteiger partial charge in [0.05, 0.1) is 12.2 Å². The van der Waals surface area contributed by atoms with Crippen molar-refractivity contribution in [2.75, 3.05) is 39.3 Å². The Hall–Kier alpha value is -1.45. The molecule has 0 aromatic carbocycles. The van der Waals surface area contributed by atoms with Gasteiger partial charge in [0.1, 0.15) is 0 Å². The normalized spacial score (nSPS) is 25.5. The van der Waals surface area contributed by atoms with E-state index in [0.29, 0.717) is 25.6 Å². The maximum atomic E-state index is 13.2. The van der Waals surface area contributed by atoms with E-state index in [1.165, 1.54) is 36.7 Å². The number of carbonyl (C=O) groups is 1. The Labute approximate surface area is 180 Å². The lowest BCUT2D eigenvalue weighted by Crippen LogP contribution is -2.51. The van der Waals surface area contributed by atoms with Gasteiger partial charge in [0.2, 0.25) is 5.91 Å². The molecular formula is C21H35N5O3S. The van der Waals surface area contributed by atoms with Gasteiger partial charge in [-0.05, 0) is 58.5 Å². The molecule has 168 valence electrons. The minimum Gasteiger partial charge on any atom is -0.342 e. The number of rotatable bonds is 5. The van der Waals surface area contributed by atoms with E-state index in [-0.39, 0.29) is 23.4 Å². The van der Waals surface area contributed by atoms with Crippen LogP contribution in [-0.2, 0) is 21.4 Å². The van der Waals surface area contributed by atoms with E-state index in [1.54, 1.807) is 17.1 Å². The van der Waals surface area contributed by atoms with Gasteiger partial charge >= 0.3 is 0 Å². The second-order valence-corrected chi connectivity index (χ2v) is 10.8. The van der Waals surface area contributed by atoms with Crippen molar-refractivity contribution in [1.82, 2.24) is 23.7 Å². The van der Waals surface area contributed by atoms with Crippen molar-refractivity contribution >= 4 is 15.9 Å². The largest absolute Gasteiger partial charge is 0.342 e. The Morgan fingerprint density at radius 1 is 1.03 bits per heavy atom. The summed E-state index contributed by atoms with van der Waals surface area (Å²) in [6.07, 6.45) is 10.6. The third-order valence-electron chi connectivity index (χ3n) is 7.00. The molecule has 0 N–H and O–H groups in total. The number of amides is 1. The number of likely N-dealkylation sites (tertiary alicyclic amines) is 2. The quantitative estimate of drug-likeness (QED) is 0.702. The van der Waals surface area contributed by atoms with Gasteiger partial charge in [-0.1, -0.05) is 6.42 Å². The van der Waals surface area contributed by atoms with Crippen LogP contribution in [0.25, 0.3) is 0 Å². The standard InChI is InChI=1S/C21H35N5O3S/c1-2-23-16-20(22-17-23)30(28,29)26-12-6-7-18(15-26)21(27)25-13-8-19(9-14-25)24-10-4-3-5-11-24/h16-19H,2-15H2,1H3/t18-/m1/s1. The van der Waals surface area contributed by atoms with E-state index < -0.39 is 10.0 Å². The van der Waals surface area contributed by atoms with Gasteiger partial charge in [-0.25, -0.2) is 13.4 Å². The van der Waals surface area contributed by atoms with Crippen molar-refractivity contribution in [2.45, 2.75) is 69.5 Å². The Balaban J connectivity index is 1.34. The third-order valence-corrected chi connectivity index (χ3v) is 8.75. The zero-order chi connectivity index (χ0) is 21.1. The Morgan fingerprint density at radius 2 is 1.77 bits per heavy atom. The minimum absolute atomic E-state index is 0.0831. The fraction of sp³-hybridized carbons (Fsp3) is 0.810. The van der Waals surface area contributed by atoms with Crippen molar-refractivity contribution in [2.24, 2.45) is 5.92 Å². The lowest BCUT2D eigenvalue weighted by atomic mass is 9.95. The van der Waals surface area contributed by atoms with Crippen molar-refractivity contribution in [3.8, 4) is 0 Å². The number of imidazole rings is 1. The summed E-state index contributed by atoms with van der Waals surface area (Å²) in [6, 6.07) is 0.603. The first-order chi connectivity index (χ1) is 14.5. The van der Waals surface area contributed by atoms with Crippen molar-refractivity contribution < 1.29 is 13.2 Å². The molecule has 3 aliphatic heterocycles. The Kier molecular flexibility index (Phi) is 6.79. The molecule has 0 aliphatic carbocycles. The predicted octanol–water partition coefficient (Wildman–Crippen LogP) is 1.78. The number of aryl methyl sites for hydroxylation is 1. The fourth-order valence-corrected chi connectivity index (χ4v) is 6.59. The fourth-order valence-electron chi connectivity index (χ4n) is 5.13. The summed E-state index contributed by atoms with van der Waals surface area (Å²) < 4.78 is 29.2. The molecule has 1 atom stereocenters. The van der Waals surface area contributed by atoms with Gasteiger partial charge in [-0.2, -0.15) is 4.31 Å². The molecule has 0 radical (unpaired) electrons. The van der Waals surface area contributed by atoms with Gasteiger partial charge in [-0.3, -0.25) is 4.79 Å². The van der Waals surface area contributed by atoms with Crippen LogP contribution in [0.15, 0.2) is 17.6 Å². The SMILES string of the molecule is CCn1cnc(S(=O)(=O)N2CCC[C@@H](C(=O)N3CCC(N4CCCCC4)CC3)C2)c1. The average Bonchev–Trinajstić information content (AvgIpc) is 3.30. The summed E-state index contributed by atoms with van der Waals surface area (Å²) >= 11 is 0. The van der Waals surface area contributed by atoms with Gasteiger partial charge < -0.3 is 14.4 Å². The molecule has 9 heteroatoms. The van der Waals surface area contributed by atoms with Crippen LogP contribution in [0.4, 0.5) is 0 Å². The molecule has 30 heavy (non-hydrogen) atoms. The monoisotopic (exact) mass is 437 g/mol. The van der Waals surface area contributed by atoms with Crippen LogP contribution in [0.2, 0.25) is 0 Å². The van der Waals surface area contributed by atoms with E-state index >= 15 is 0 Å². The summed E-state index contributed by atoms with van der Waals surface area (Å²) in [5, 5.41) is 0.0831. The highest BCUT2D eigenvalue weighted by Crippen LogP contribution is 2.27. The molecule has 1 aromatic rings. The first kappa shape index (κ1) is 21.8. The summed E-state index contributed by atoms with van der Waals surface area (Å²) in [5.41, 5.74) is 0. The van der Waals surface area contributed by atoms with E-state index in [1.807, 2.05) is 11.8 Å². The molecule has 3 aliphatic rings. The maximum absolute atomic E-state index is 13.2. The Morgan fingerprint density at radius 3 is 2.43 bits per heavy atom. The summed E-state index contributed by atoms with van der Waals surface area (Å²) in [4.78, 5) is 21.8. The number of hydrogen-bond acceptors (Lipinski definition) is 5. The highest BCUT2D eigenvalue weighted by atomic mass is 32.2. The molecular weight excluding hydrogens is 402 g/mol.